The third-order valence-corrected chi connectivity index (χ3v) is 4.00. The highest BCUT2D eigenvalue weighted by Crippen LogP contribution is 2.21. The number of carbonyl (C=O) groups is 1. The van der Waals surface area contributed by atoms with E-state index in [0.717, 1.165) is 37.5 Å². The van der Waals surface area contributed by atoms with Crippen molar-refractivity contribution in [3.05, 3.63) is 34.9 Å². The van der Waals surface area contributed by atoms with E-state index in [-0.39, 0.29) is 5.92 Å². The van der Waals surface area contributed by atoms with Gasteiger partial charge in [0.2, 0.25) is 0 Å². The summed E-state index contributed by atoms with van der Waals surface area (Å²) in [5.74, 6) is -0.796. The Hall–Kier alpha value is -1.10. The molecule has 0 bridgehead atoms. The van der Waals surface area contributed by atoms with Gasteiger partial charge in [-0.3, -0.25) is 9.69 Å². The van der Waals surface area contributed by atoms with Gasteiger partial charge in [-0.1, -0.05) is 23.7 Å². The molecule has 1 atom stereocenters. The lowest BCUT2D eigenvalue weighted by atomic mass is 9.90. The Bertz CT molecular complexity index is 428. The van der Waals surface area contributed by atoms with Gasteiger partial charge in [0.15, 0.2) is 0 Å². The summed E-state index contributed by atoms with van der Waals surface area (Å²) < 4.78 is 0. The second-order valence-corrected chi connectivity index (χ2v) is 5.54. The molecule has 19 heavy (non-hydrogen) atoms. The van der Waals surface area contributed by atoms with Crippen LogP contribution in [0.3, 0.4) is 0 Å². The van der Waals surface area contributed by atoms with Crippen molar-refractivity contribution in [1.29, 1.82) is 0 Å². The highest BCUT2D eigenvalue weighted by atomic mass is 35.5. The zero-order valence-electron chi connectivity index (χ0n) is 10.8. The van der Waals surface area contributed by atoms with Crippen molar-refractivity contribution in [3.8, 4) is 0 Å². The van der Waals surface area contributed by atoms with Crippen molar-refractivity contribution in [2.75, 3.05) is 13.1 Å². The quantitative estimate of drug-likeness (QED) is 0.886. The summed E-state index contributed by atoms with van der Waals surface area (Å²) in [5, 5.41) is 9.66. The molecular formula is C14H19ClN2O2. The molecule has 4 nitrogen and oxygen atoms in total. The number of benzene rings is 1. The number of aliphatic carboxylic acids is 1. The minimum atomic E-state index is -0.892. The Morgan fingerprint density at radius 2 is 1.95 bits per heavy atom. The van der Waals surface area contributed by atoms with Crippen molar-refractivity contribution in [1.82, 2.24) is 4.90 Å². The molecule has 1 aliphatic heterocycles. The van der Waals surface area contributed by atoms with Gasteiger partial charge in [-0.25, -0.2) is 0 Å². The first-order valence-electron chi connectivity index (χ1n) is 6.51. The number of likely N-dealkylation sites (tertiary alicyclic amines) is 1. The second-order valence-electron chi connectivity index (χ2n) is 5.10. The van der Waals surface area contributed by atoms with Crippen LogP contribution in [0.25, 0.3) is 0 Å². The number of piperidine rings is 1. The Morgan fingerprint density at radius 3 is 2.47 bits per heavy atom. The van der Waals surface area contributed by atoms with E-state index in [2.05, 4.69) is 4.90 Å². The van der Waals surface area contributed by atoms with E-state index in [4.69, 9.17) is 22.4 Å². The van der Waals surface area contributed by atoms with Crippen molar-refractivity contribution in [2.45, 2.75) is 25.4 Å². The number of halogens is 1. The molecule has 2 rings (SSSR count). The smallest absolute Gasteiger partial charge is 0.320 e. The largest absolute Gasteiger partial charge is 0.480 e. The van der Waals surface area contributed by atoms with E-state index in [1.54, 1.807) is 0 Å². The van der Waals surface area contributed by atoms with Crippen LogP contribution in [0.15, 0.2) is 24.3 Å². The van der Waals surface area contributed by atoms with E-state index in [0.29, 0.717) is 0 Å². The minimum absolute atomic E-state index is 0.0963. The molecular weight excluding hydrogens is 264 g/mol. The molecule has 0 saturated carbocycles. The van der Waals surface area contributed by atoms with E-state index in [9.17, 15) is 4.79 Å². The molecule has 0 aromatic heterocycles. The minimum Gasteiger partial charge on any atom is -0.480 e. The molecule has 104 valence electrons. The lowest BCUT2D eigenvalue weighted by Crippen LogP contribution is -2.44. The highest BCUT2D eigenvalue weighted by Gasteiger charge is 2.28. The third-order valence-electron chi connectivity index (χ3n) is 3.74. The monoisotopic (exact) mass is 282 g/mol. The summed E-state index contributed by atoms with van der Waals surface area (Å²) in [4.78, 5) is 13.2. The number of nitrogens with two attached hydrogens (primary N) is 1. The van der Waals surface area contributed by atoms with Crippen molar-refractivity contribution < 1.29 is 9.90 Å². The third kappa shape index (κ3) is 3.93. The molecule has 1 fully saturated rings. The van der Waals surface area contributed by atoms with E-state index >= 15 is 0 Å². The van der Waals surface area contributed by atoms with Crippen LogP contribution in [-0.4, -0.2) is 35.1 Å². The predicted octanol–water partition coefficient (Wildman–Crippen LogP) is 1.96. The van der Waals surface area contributed by atoms with E-state index < -0.39 is 12.0 Å². The van der Waals surface area contributed by atoms with Crippen LogP contribution >= 0.6 is 11.6 Å². The zero-order chi connectivity index (χ0) is 13.8. The van der Waals surface area contributed by atoms with E-state index in [1.165, 1.54) is 5.56 Å². The highest BCUT2D eigenvalue weighted by molar-refractivity contribution is 6.30. The predicted molar refractivity (Wildman–Crippen MR) is 75.1 cm³/mol. The summed E-state index contributed by atoms with van der Waals surface area (Å²) in [6, 6.07) is 7.11. The molecule has 1 aliphatic rings. The molecule has 0 amide bonds. The molecule has 0 spiro atoms. The summed E-state index contributed by atoms with van der Waals surface area (Å²) in [6.07, 6.45) is 1.70. The zero-order valence-corrected chi connectivity index (χ0v) is 11.5. The Morgan fingerprint density at radius 1 is 1.37 bits per heavy atom. The number of hydrogen-bond acceptors (Lipinski definition) is 3. The van der Waals surface area contributed by atoms with Gasteiger partial charge in [0.1, 0.15) is 6.04 Å². The molecule has 1 aromatic carbocycles. The maximum absolute atomic E-state index is 10.9. The van der Waals surface area contributed by atoms with Gasteiger partial charge in [-0.2, -0.15) is 0 Å². The van der Waals surface area contributed by atoms with Crippen molar-refractivity contribution in [2.24, 2.45) is 11.7 Å². The number of nitrogens with zero attached hydrogens (tertiary/aromatic N) is 1. The van der Waals surface area contributed by atoms with Crippen molar-refractivity contribution >= 4 is 17.6 Å². The molecule has 3 N–H and O–H groups in total. The van der Waals surface area contributed by atoms with Crippen LogP contribution in [0.4, 0.5) is 0 Å². The summed E-state index contributed by atoms with van der Waals surface area (Å²) >= 11 is 5.85. The van der Waals surface area contributed by atoms with Gasteiger partial charge < -0.3 is 10.8 Å². The van der Waals surface area contributed by atoms with Gasteiger partial charge in [0, 0.05) is 11.6 Å². The fraction of sp³-hybridized carbons (Fsp3) is 0.500. The van der Waals surface area contributed by atoms with Crippen LogP contribution < -0.4 is 5.73 Å². The van der Waals surface area contributed by atoms with Gasteiger partial charge in [-0.15, -0.1) is 0 Å². The number of rotatable bonds is 4. The Labute approximate surface area is 118 Å². The second kappa shape index (κ2) is 6.37. The average molecular weight is 283 g/mol. The maximum atomic E-state index is 10.9. The van der Waals surface area contributed by atoms with Crippen LogP contribution in [0, 0.1) is 5.92 Å². The Kier molecular flexibility index (Phi) is 4.80. The molecule has 0 radical (unpaired) electrons. The number of carboxylic acid groups (broad SMARTS) is 1. The molecule has 1 aromatic rings. The van der Waals surface area contributed by atoms with Gasteiger partial charge in [-0.05, 0) is 49.5 Å². The van der Waals surface area contributed by atoms with E-state index in [1.807, 2.05) is 24.3 Å². The van der Waals surface area contributed by atoms with Crippen LogP contribution in [-0.2, 0) is 11.3 Å². The van der Waals surface area contributed by atoms with Crippen LogP contribution in [0.1, 0.15) is 18.4 Å². The molecule has 5 heteroatoms. The average Bonchev–Trinajstić information content (AvgIpc) is 2.41. The molecule has 1 saturated heterocycles. The maximum Gasteiger partial charge on any atom is 0.320 e. The van der Waals surface area contributed by atoms with Gasteiger partial charge in [0.25, 0.3) is 0 Å². The van der Waals surface area contributed by atoms with Crippen molar-refractivity contribution in [3.63, 3.8) is 0 Å². The topological polar surface area (TPSA) is 66.6 Å². The first kappa shape index (κ1) is 14.3. The first-order valence-corrected chi connectivity index (χ1v) is 6.89. The summed E-state index contributed by atoms with van der Waals surface area (Å²) in [6.45, 7) is 2.68. The lowest BCUT2D eigenvalue weighted by molar-refractivity contribution is -0.140. The fourth-order valence-electron chi connectivity index (χ4n) is 2.52. The molecule has 1 unspecified atom stereocenters. The SMILES string of the molecule is NC(C(=O)O)C1CCN(Cc2ccc(Cl)cc2)CC1. The van der Waals surface area contributed by atoms with Crippen LogP contribution in [0.2, 0.25) is 5.02 Å². The fourth-order valence-corrected chi connectivity index (χ4v) is 2.65. The normalized spacial score (nSPS) is 19.3. The van der Waals surface area contributed by atoms with Crippen LogP contribution in [0.5, 0.6) is 0 Å². The standard InChI is InChI=1S/C14H19ClN2O2/c15-12-3-1-10(2-4-12)9-17-7-5-11(6-8-17)13(16)14(18)19/h1-4,11,13H,5-9,16H2,(H,18,19). The molecule has 0 aliphatic carbocycles. The number of carboxylic acids is 1. The first-order chi connectivity index (χ1) is 9.06. The summed E-state index contributed by atoms with van der Waals surface area (Å²) in [7, 11) is 0. The molecule has 1 heterocycles. The lowest BCUT2D eigenvalue weighted by Gasteiger charge is -2.33. The van der Waals surface area contributed by atoms with Gasteiger partial charge in [0.05, 0.1) is 0 Å². The summed E-state index contributed by atoms with van der Waals surface area (Å²) in [5.41, 5.74) is 6.90. The van der Waals surface area contributed by atoms with Gasteiger partial charge >= 0.3 is 5.97 Å². The number of hydrogen-bond donors (Lipinski definition) is 2. The Balaban J connectivity index is 1.83.